The SMILES string of the molecule is CC(C)CCn1nc(-c2cccc(Br)c2)ccc1=O. The Morgan fingerprint density at radius 3 is 2.74 bits per heavy atom. The summed E-state index contributed by atoms with van der Waals surface area (Å²) >= 11 is 3.45. The molecule has 0 fully saturated rings. The second-order valence-corrected chi connectivity index (χ2v) is 5.89. The molecule has 1 heterocycles. The summed E-state index contributed by atoms with van der Waals surface area (Å²) in [5.41, 5.74) is 1.79. The Morgan fingerprint density at radius 1 is 1.26 bits per heavy atom. The summed E-state index contributed by atoms with van der Waals surface area (Å²) < 4.78 is 2.56. The Hall–Kier alpha value is -1.42. The Kier molecular flexibility index (Phi) is 4.53. The first-order chi connectivity index (χ1) is 9.06. The van der Waals surface area contributed by atoms with Gasteiger partial charge in [0.2, 0.25) is 0 Å². The third-order valence-corrected chi connectivity index (χ3v) is 3.40. The largest absolute Gasteiger partial charge is 0.268 e. The Labute approximate surface area is 121 Å². The highest BCUT2D eigenvalue weighted by Crippen LogP contribution is 2.20. The van der Waals surface area contributed by atoms with Gasteiger partial charge in [0, 0.05) is 22.6 Å². The van der Waals surface area contributed by atoms with Crippen molar-refractivity contribution in [2.24, 2.45) is 5.92 Å². The minimum absolute atomic E-state index is 0.0422. The van der Waals surface area contributed by atoms with Crippen LogP contribution in [0.25, 0.3) is 11.3 Å². The third-order valence-electron chi connectivity index (χ3n) is 2.91. The van der Waals surface area contributed by atoms with Crippen molar-refractivity contribution in [1.82, 2.24) is 9.78 Å². The van der Waals surface area contributed by atoms with Gasteiger partial charge in [-0.3, -0.25) is 4.79 Å². The Morgan fingerprint density at radius 2 is 2.05 bits per heavy atom. The standard InChI is InChI=1S/C15H17BrN2O/c1-11(2)8-9-18-15(19)7-6-14(17-18)12-4-3-5-13(16)10-12/h3-7,10-11H,8-9H2,1-2H3. The fourth-order valence-electron chi connectivity index (χ4n) is 1.79. The summed E-state index contributed by atoms with van der Waals surface area (Å²) in [7, 11) is 0. The molecule has 4 heteroatoms. The zero-order valence-corrected chi connectivity index (χ0v) is 12.7. The fraction of sp³-hybridized carbons (Fsp3) is 0.333. The summed E-state index contributed by atoms with van der Waals surface area (Å²) in [6.07, 6.45) is 0.953. The highest BCUT2D eigenvalue weighted by atomic mass is 79.9. The van der Waals surface area contributed by atoms with Crippen LogP contribution in [0.1, 0.15) is 20.3 Å². The molecule has 3 nitrogen and oxygen atoms in total. The van der Waals surface area contributed by atoms with E-state index in [1.165, 1.54) is 0 Å². The predicted octanol–water partition coefficient (Wildman–Crippen LogP) is 3.72. The molecule has 0 bridgehead atoms. The number of nitrogens with zero attached hydrogens (tertiary/aromatic N) is 2. The first-order valence-electron chi connectivity index (χ1n) is 6.40. The van der Waals surface area contributed by atoms with E-state index in [4.69, 9.17) is 0 Å². The van der Waals surface area contributed by atoms with Crippen molar-refractivity contribution >= 4 is 15.9 Å². The molecule has 19 heavy (non-hydrogen) atoms. The van der Waals surface area contributed by atoms with Gasteiger partial charge in [0.25, 0.3) is 5.56 Å². The van der Waals surface area contributed by atoms with Crippen molar-refractivity contribution < 1.29 is 0 Å². The molecule has 0 N–H and O–H groups in total. The second kappa shape index (κ2) is 6.15. The van der Waals surface area contributed by atoms with E-state index in [0.29, 0.717) is 12.5 Å². The van der Waals surface area contributed by atoms with Crippen LogP contribution in [0.15, 0.2) is 45.7 Å². The van der Waals surface area contributed by atoms with Crippen LogP contribution in [0.5, 0.6) is 0 Å². The van der Waals surface area contributed by atoms with Gasteiger partial charge in [-0.15, -0.1) is 0 Å². The van der Waals surface area contributed by atoms with Gasteiger partial charge in [-0.05, 0) is 30.5 Å². The highest BCUT2D eigenvalue weighted by molar-refractivity contribution is 9.10. The van der Waals surface area contributed by atoms with Crippen LogP contribution in [0.2, 0.25) is 0 Å². The van der Waals surface area contributed by atoms with Crippen molar-refractivity contribution in [3.8, 4) is 11.3 Å². The molecule has 0 saturated carbocycles. The predicted molar refractivity (Wildman–Crippen MR) is 81.1 cm³/mol. The fourth-order valence-corrected chi connectivity index (χ4v) is 2.19. The molecular weight excluding hydrogens is 304 g/mol. The monoisotopic (exact) mass is 320 g/mol. The topological polar surface area (TPSA) is 34.9 Å². The third kappa shape index (κ3) is 3.77. The molecule has 0 saturated heterocycles. The lowest BCUT2D eigenvalue weighted by atomic mass is 10.1. The first-order valence-corrected chi connectivity index (χ1v) is 7.19. The number of rotatable bonds is 4. The molecule has 1 aromatic carbocycles. The van der Waals surface area contributed by atoms with Gasteiger partial charge < -0.3 is 0 Å². The smallest absolute Gasteiger partial charge is 0.266 e. The number of aromatic nitrogens is 2. The zero-order valence-electron chi connectivity index (χ0n) is 11.1. The molecule has 100 valence electrons. The van der Waals surface area contributed by atoms with Gasteiger partial charge in [-0.1, -0.05) is 41.9 Å². The maximum Gasteiger partial charge on any atom is 0.266 e. The molecular formula is C15H17BrN2O. The summed E-state index contributed by atoms with van der Waals surface area (Å²) in [5.74, 6) is 0.559. The molecule has 0 radical (unpaired) electrons. The van der Waals surface area contributed by atoms with E-state index in [0.717, 1.165) is 22.2 Å². The van der Waals surface area contributed by atoms with E-state index < -0.39 is 0 Å². The van der Waals surface area contributed by atoms with E-state index >= 15 is 0 Å². The van der Waals surface area contributed by atoms with Gasteiger partial charge in [0.15, 0.2) is 0 Å². The lowest BCUT2D eigenvalue weighted by Crippen LogP contribution is -2.23. The van der Waals surface area contributed by atoms with E-state index in [1.54, 1.807) is 16.8 Å². The van der Waals surface area contributed by atoms with E-state index in [1.807, 2.05) is 24.3 Å². The summed E-state index contributed by atoms with van der Waals surface area (Å²) in [6, 6.07) is 11.3. The molecule has 0 amide bonds. The molecule has 2 rings (SSSR count). The van der Waals surface area contributed by atoms with Crippen LogP contribution in [0.3, 0.4) is 0 Å². The maximum atomic E-state index is 11.8. The second-order valence-electron chi connectivity index (χ2n) is 4.97. The Balaban J connectivity index is 2.33. The van der Waals surface area contributed by atoms with E-state index in [-0.39, 0.29) is 5.56 Å². The minimum Gasteiger partial charge on any atom is -0.268 e. The number of benzene rings is 1. The van der Waals surface area contributed by atoms with Crippen LogP contribution in [-0.2, 0) is 6.54 Å². The molecule has 0 spiro atoms. The van der Waals surface area contributed by atoms with Crippen LogP contribution in [0.4, 0.5) is 0 Å². The average Bonchev–Trinajstić information content (AvgIpc) is 2.37. The van der Waals surface area contributed by atoms with Gasteiger partial charge in [0.1, 0.15) is 0 Å². The molecule has 0 atom stereocenters. The van der Waals surface area contributed by atoms with E-state index in [9.17, 15) is 4.79 Å². The summed E-state index contributed by atoms with van der Waals surface area (Å²) in [4.78, 5) is 11.8. The molecule has 0 unspecified atom stereocenters. The number of hydrogen-bond acceptors (Lipinski definition) is 2. The van der Waals surface area contributed by atoms with Crippen LogP contribution in [-0.4, -0.2) is 9.78 Å². The van der Waals surface area contributed by atoms with Crippen molar-refractivity contribution in [2.45, 2.75) is 26.8 Å². The van der Waals surface area contributed by atoms with Gasteiger partial charge >= 0.3 is 0 Å². The van der Waals surface area contributed by atoms with Gasteiger partial charge in [-0.2, -0.15) is 5.10 Å². The van der Waals surface area contributed by atoms with Crippen molar-refractivity contribution in [2.75, 3.05) is 0 Å². The normalized spacial score (nSPS) is 10.9. The van der Waals surface area contributed by atoms with E-state index in [2.05, 4.69) is 34.9 Å². The number of halogens is 1. The molecule has 1 aromatic heterocycles. The highest BCUT2D eigenvalue weighted by Gasteiger charge is 2.04. The molecule has 0 aliphatic heterocycles. The number of aryl methyl sites for hydroxylation is 1. The quantitative estimate of drug-likeness (QED) is 0.860. The van der Waals surface area contributed by atoms with Gasteiger partial charge in [-0.25, -0.2) is 4.68 Å². The molecule has 0 aliphatic carbocycles. The molecule has 2 aromatic rings. The maximum absolute atomic E-state index is 11.8. The lowest BCUT2D eigenvalue weighted by molar-refractivity contribution is 0.473. The zero-order chi connectivity index (χ0) is 13.8. The van der Waals surface area contributed by atoms with Crippen molar-refractivity contribution in [3.63, 3.8) is 0 Å². The lowest BCUT2D eigenvalue weighted by Gasteiger charge is -2.09. The number of hydrogen-bond donors (Lipinski definition) is 0. The van der Waals surface area contributed by atoms with Crippen LogP contribution in [0, 0.1) is 5.92 Å². The van der Waals surface area contributed by atoms with Crippen molar-refractivity contribution in [3.05, 3.63) is 51.2 Å². The summed E-state index contributed by atoms with van der Waals surface area (Å²) in [6.45, 7) is 4.95. The first kappa shape index (κ1) is 14.0. The van der Waals surface area contributed by atoms with Gasteiger partial charge in [0.05, 0.1) is 5.69 Å². The average molecular weight is 321 g/mol. The van der Waals surface area contributed by atoms with Crippen LogP contribution >= 0.6 is 15.9 Å². The minimum atomic E-state index is -0.0422. The Bertz CT molecular complexity index is 620. The van der Waals surface area contributed by atoms with Crippen molar-refractivity contribution in [1.29, 1.82) is 0 Å². The van der Waals surface area contributed by atoms with Crippen LogP contribution < -0.4 is 5.56 Å². The molecule has 0 aliphatic rings. The summed E-state index contributed by atoms with van der Waals surface area (Å²) in [5, 5.41) is 4.44.